The van der Waals surface area contributed by atoms with Gasteiger partial charge in [-0.1, -0.05) is 35.4 Å². The topological polar surface area (TPSA) is 64.6 Å². The molecule has 6 heteroatoms. The molecule has 0 aromatic heterocycles. The number of hydrogen-bond acceptors (Lipinski definition) is 4. The minimum atomic E-state index is -0.934. The molecule has 1 amide bonds. The lowest BCUT2D eigenvalue weighted by atomic mass is 10.1. The van der Waals surface area contributed by atoms with Crippen molar-refractivity contribution in [2.24, 2.45) is 0 Å². The molecule has 0 fully saturated rings. The largest absolute Gasteiger partial charge is 0.496 e. The van der Waals surface area contributed by atoms with Gasteiger partial charge < -0.3 is 14.8 Å². The number of esters is 1. The summed E-state index contributed by atoms with van der Waals surface area (Å²) in [5.74, 6) is -0.307. The van der Waals surface area contributed by atoms with Crippen LogP contribution >= 0.6 is 11.6 Å². The maximum absolute atomic E-state index is 12.3. The molecule has 0 heterocycles. The van der Waals surface area contributed by atoms with Crippen molar-refractivity contribution < 1.29 is 19.1 Å². The Morgan fingerprint density at radius 3 is 2.58 bits per heavy atom. The highest BCUT2D eigenvalue weighted by Gasteiger charge is 2.20. The van der Waals surface area contributed by atoms with Crippen LogP contribution in [0.2, 0.25) is 5.02 Å². The second kappa shape index (κ2) is 8.72. The normalized spacial score (nSPS) is 11.6. The standard InChI is InChI=1S/C20H22ClNO4/c1-12-5-8-18(25-4)15(9-12)10-19(23)26-14(3)20(24)22-17-11-16(21)7-6-13(17)2/h5-9,11,14H,10H2,1-4H3,(H,22,24)/t14-/m0/s1. The highest BCUT2D eigenvalue weighted by molar-refractivity contribution is 6.31. The number of aryl methyl sites for hydroxylation is 2. The number of rotatable bonds is 6. The molecular weight excluding hydrogens is 354 g/mol. The van der Waals surface area contributed by atoms with Crippen molar-refractivity contribution in [1.82, 2.24) is 0 Å². The zero-order valence-electron chi connectivity index (χ0n) is 15.3. The van der Waals surface area contributed by atoms with Gasteiger partial charge in [-0.05, 0) is 44.5 Å². The molecule has 26 heavy (non-hydrogen) atoms. The van der Waals surface area contributed by atoms with Crippen molar-refractivity contribution in [3.05, 3.63) is 58.1 Å². The van der Waals surface area contributed by atoms with E-state index in [4.69, 9.17) is 21.1 Å². The van der Waals surface area contributed by atoms with Crippen molar-refractivity contribution >= 4 is 29.2 Å². The second-order valence-electron chi connectivity index (χ2n) is 6.07. The van der Waals surface area contributed by atoms with Crippen LogP contribution in [-0.2, 0) is 20.7 Å². The van der Waals surface area contributed by atoms with Crippen LogP contribution in [0.3, 0.4) is 0 Å². The van der Waals surface area contributed by atoms with E-state index in [1.807, 2.05) is 26.0 Å². The van der Waals surface area contributed by atoms with Crippen LogP contribution in [-0.4, -0.2) is 25.1 Å². The smallest absolute Gasteiger partial charge is 0.311 e. The predicted molar refractivity (Wildman–Crippen MR) is 102 cm³/mol. The molecule has 1 N–H and O–H groups in total. The quantitative estimate of drug-likeness (QED) is 0.773. The lowest BCUT2D eigenvalue weighted by molar-refractivity contribution is -0.152. The summed E-state index contributed by atoms with van der Waals surface area (Å²) in [7, 11) is 1.54. The minimum absolute atomic E-state index is 0.0265. The Morgan fingerprint density at radius 1 is 1.15 bits per heavy atom. The Morgan fingerprint density at radius 2 is 1.88 bits per heavy atom. The SMILES string of the molecule is COc1ccc(C)cc1CC(=O)O[C@@H](C)C(=O)Nc1cc(Cl)ccc1C. The Balaban J connectivity index is 1.99. The highest BCUT2D eigenvalue weighted by Crippen LogP contribution is 2.22. The van der Waals surface area contributed by atoms with E-state index in [-0.39, 0.29) is 6.42 Å². The van der Waals surface area contributed by atoms with Gasteiger partial charge in [-0.3, -0.25) is 9.59 Å². The summed E-state index contributed by atoms with van der Waals surface area (Å²) in [6.45, 7) is 5.31. The van der Waals surface area contributed by atoms with E-state index in [2.05, 4.69) is 5.32 Å². The summed E-state index contributed by atoms with van der Waals surface area (Å²) in [6, 6.07) is 10.8. The van der Waals surface area contributed by atoms with Gasteiger partial charge in [0.2, 0.25) is 0 Å². The molecule has 2 rings (SSSR count). The molecule has 0 radical (unpaired) electrons. The van der Waals surface area contributed by atoms with Crippen molar-refractivity contribution in [2.75, 3.05) is 12.4 Å². The first-order valence-electron chi connectivity index (χ1n) is 8.20. The van der Waals surface area contributed by atoms with Gasteiger partial charge in [0.05, 0.1) is 13.5 Å². The molecule has 1 atom stereocenters. The predicted octanol–water partition coefficient (Wildman–Crippen LogP) is 4.08. The summed E-state index contributed by atoms with van der Waals surface area (Å²) in [5.41, 5.74) is 3.18. The Hall–Kier alpha value is -2.53. The van der Waals surface area contributed by atoms with E-state index in [0.717, 1.165) is 16.7 Å². The fourth-order valence-electron chi connectivity index (χ4n) is 2.46. The maximum atomic E-state index is 12.3. The lowest BCUT2D eigenvalue weighted by Crippen LogP contribution is -2.30. The van der Waals surface area contributed by atoms with Crippen molar-refractivity contribution in [2.45, 2.75) is 33.3 Å². The Labute approximate surface area is 158 Å². The van der Waals surface area contributed by atoms with E-state index in [9.17, 15) is 9.59 Å². The molecular formula is C20H22ClNO4. The number of hydrogen-bond donors (Lipinski definition) is 1. The summed E-state index contributed by atoms with van der Waals surface area (Å²) >= 11 is 5.95. The minimum Gasteiger partial charge on any atom is -0.496 e. The number of amides is 1. The van der Waals surface area contributed by atoms with Crippen LogP contribution in [0, 0.1) is 13.8 Å². The fourth-order valence-corrected chi connectivity index (χ4v) is 2.63. The Bertz CT molecular complexity index is 819. The molecule has 5 nitrogen and oxygen atoms in total. The van der Waals surface area contributed by atoms with Crippen LogP contribution in [0.5, 0.6) is 5.75 Å². The summed E-state index contributed by atoms with van der Waals surface area (Å²) < 4.78 is 10.5. The monoisotopic (exact) mass is 375 g/mol. The van der Waals surface area contributed by atoms with Crippen LogP contribution in [0.25, 0.3) is 0 Å². The average molecular weight is 376 g/mol. The molecule has 0 aliphatic carbocycles. The number of benzene rings is 2. The van der Waals surface area contributed by atoms with Gasteiger partial charge in [0, 0.05) is 16.3 Å². The van der Waals surface area contributed by atoms with E-state index in [1.54, 1.807) is 31.4 Å². The van der Waals surface area contributed by atoms with Gasteiger partial charge in [0.25, 0.3) is 5.91 Å². The molecule has 0 bridgehead atoms. The molecule has 0 spiro atoms. The first-order valence-corrected chi connectivity index (χ1v) is 8.58. The molecule has 0 unspecified atom stereocenters. The third kappa shape index (κ3) is 5.23. The first kappa shape index (κ1) is 19.8. The van der Waals surface area contributed by atoms with Gasteiger partial charge in [-0.15, -0.1) is 0 Å². The Kier molecular flexibility index (Phi) is 6.64. The third-order valence-corrected chi connectivity index (χ3v) is 4.14. The second-order valence-corrected chi connectivity index (χ2v) is 6.51. The van der Waals surface area contributed by atoms with Crippen molar-refractivity contribution in [3.63, 3.8) is 0 Å². The molecule has 2 aromatic rings. The van der Waals surface area contributed by atoms with Gasteiger partial charge in [0.1, 0.15) is 5.75 Å². The van der Waals surface area contributed by atoms with Crippen molar-refractivity contribution in [3.8, 4) is 5.75 Å². The molecule has 0 saturated carbocycles. The maximum Gasteiger partial charge on any atom is 0.311 e. The molecule has 0 saturated heterocycles. The summed E-state index contributed by atoms with van der Waals surface area (Å²) in [4.78, 5) is 24.5. The number of halogens is 1. The zero-order valence-corrected chi connectivity index (χ0v) is 16.0. The van der Waals surface area contributed by atoms with E-state index >= 15 is 0 Å². The average Bonchev–Trinajstić information content (AvgIpc) is 2.58. The number of ether oxygens (including phenoxy) is 2. The molecule has 2 aromatic carbocycles. The lowest BCUT2D eigenvalue weighted by Gasteiger charge is -2.15. The first-order chi connectivity index (χ1) is 12.3. The number of carbonyl (C=O) groups is 2. The number of carbonyl (C=O) groups excluding carboxylic acids is 2. The zero-order chi connectivity index (χ0) is 19.3. The number of methoxy groups -OCH3 is 1. The molecule has 138 valence electrons. The van der Waals surface area contributed by atoms with Crippen molar-refractivity contribution in [1.29, 1.82) is 0 Å². The summed E-state index contributed by atoms with van der Waals surface area (Å²) in [5, 5.41) is 3.24. The molecule has 0 aliphatic rings. The third-order valence-electron chi connectivity index (χ3n) is 3.91. The van der Waals surface area contributed by atoms with Crippen LogP contribution in [0.15, 0.2) is 36.4 Å². The van der Waals surface area contributed by atoms with Crippen LogP contribution in [0.4, 0.5) is 5.69 Å². The van der Waals surface area contributed by atoms with Gasteiger partial charge in [-0.2, -0.15) is 0 Å². The highest BCUT2D eigenvalue weighted by atomic mass is 35.5. The van der Waals surface area contributed by atoms with E-state index in [0.29, 0.717) is 16.5 Å². The van der Waals surface area contributed by atoms with E-state index < -0.39 is 18.0 Å². The molecule has 0 aliphatic heterocycles. The van der Waals surface area contributed by atoms with Crippen LogP contribution in [0.1, 0.15) is 23.6 Å². The van der Waals surface area contributed by atoms with Gasteiger partial charge in [-0.25, -0.2) is 0 Å². The fraction of sp³-hybridized carbons (Fsp3) is 0.300. The van der Waals surface area contributed by atoms with Gasteiger partial charge in [0.15, 0.2) is 6.10 Å². The van der Waals surface area contributed by atoms with Crippen LogP contribution < -0.4 is 10.1 Å². The number of nitrogens with one attached hydrogen (secondary N) is 1. The summed E-state index contributed by atoms with van der Waals surface area (Å²) in [6.07, 6.45) is -0.907. The number of anilines is 1. The van der Waals surface area contributed by atoms with E-state index in [1.165, 1.54) is 6.92 Å². The van der Waals surface area contributed by atoms with Gasteiger partial charge >= 0.3 is 5.97 Å².